The lowest BCUT2D eigenvalue weighted by atomic mass is 9.95. The van der Waals surface area contributed by atoms with Crippen molar-refractivity contribution in [2.45, 2.75) is 33.6 Å². The van der Waals surface area contributed by atoms with E-state index in [1.165, 1.54) is 6.07 Å². The minimum absolute atomic E-state index is 0.122. The number of aromatic nitrogens is 1. The Labute approximate surface area is 125 Å². The number of pyridine rings is 1. The third-order valence-electron chi connectivity index (χ3n) is 4.08. The zero-order valence-corrected chi connectivity index (χ0v) is 13.0. The Morgan fingerprint density at radius 1 is 1.57 bits per heavy atom. The Kier molecular flexibility index (Phi) is 5.15. The predicted molar refractivity (Wildman–Crippen MR) is 81.8 cm³/mol. The van der Waals surface area contributed by atoms with E-state index < -0.39 is 5.82 Å². The van der Waals surface area contributed by atoms with Crippen LogP contribution in [0.2, 0.25) is 0 Å². The maximum atomic E-state index is 13.5. The fraction of sp³-hybridized carbons (Fsp3) is 0.625. The molecule has 1 atom stereocenters. The van der Waals surface area contributed by atoms with Crippen molar-refractivity contribution in [1.82, 2.24) is 9.88 Å². The monoisotopic (exact) mass is 293 g/mol. The van der Waals surface area contributed by atoms with Crippen molar-refractivity contribution in [1.29, 1.82) is 0 Å². The van der Waals surface area contributed by atoms with Crippen LogP contribution in [0.4, 0.5) is 10.2 Å². The molecule has 5 heteroatoms. The lowest BCUT2D eigenvalue weighted by molar-refractivity contribution is 0.0784. The van der Waals surface area contributed by atoms with Crippen molar-refractivity contribution in [3.8, 4) is 0 Å². The standard InChI is InChI=1S/C16H24FN3O/c1-4-6-18-15-14(8-13(17)9-19-15)16(21)20-7-5-12(10-20)11(2)3/h8-9,11-12H,4-7,10H2,1-3H3,(H,18,19). The number of hydrogen-bond donors (Lipinski definition) is 1. The molecule has 116 valence electrons. The van der Waals surface area contributed by atoms with Crippen molar-refractivity contribution in [2.24, 2.45) is 11.8 Å². The van der Waals surface area contributed by atoms with E-state index in [1.54, 1.807) is 0 Å². The summed E-state index contributed by atoms with van der Waals surface area (Å²) in [7, 11) is 0. The van der Waals surface area contributed by atoms with E-state index in [0.717, 1.165) is 32.1 Å². The molecule has 1 aromatic rings. The highest BCUT2D eigenvalue weighted by atomic mass is 19.1. The molecule has 1 aliphatic rings. The molecule has 1 saturated heterocycles. The van der Waals surface area contributed by atoms with Crippen LogP contribution in [0.15, 0.2) is 12.3 Å². The van der Waals surface area contributed by atoms with Crippen LogP contribution in [-0.4, -0.2) is 35.4 Å². The molecule has 0 spiro atoms. The summed E-state index contributed by atoms with van der Waals surface area (Å²) in [6, 6.07) is 1.29. The summed E-state index contributed by atoms with van der Waals surface area (Å²) in [6.45, 7) is 8.60. The Balaban J connectivity index is 2.16. The molecule has 1 fully saturated rings. The molecule has 1 unspecified atom stereocenters. The summed E-state index contributed by atoms with van der Waals surface area (Å²) in [5.41, 5.74) is 0.341. The van der Waals surface area contributed by atoms with Gasteiger partial charge in [0.2, 0.25) is 0 Å². The van der Waals surface area contributed by atoms with Gasteiger partial charge in [-0.1, -0.05) is 20.8 Å². The first-order chi connectivity index (χ1) is 10.0. The minimum Gasteiger partial charge on any atom is -0.369 e. The first-order valence-electron chi connectivity index (χ1n) is 7.71. The summed E-state index contributed by atoms with van der Waals surface area (Å²) < 4.78 is 13.5. The summed E-state index contributed by atoms with van der Waals surface area (Å²) in [6.07, 6.45) is 3.09. The van der Waals surface area contributed by atoms with E-state index in [2.05, 4.69) is 24.1 Å². The molecule has 21 heavy (non-hydrogen) atoms. The van der Waals surface area contributed by atoms with Gasteiger partial charge in [0.25, 0.3) is 5.91 Å². The molecular weight excluding hydrogens is 269 g/mol. The minimum atomic E-state index is -0.472. The second kappa shape index (κ2) is 6.87. The number of carbonyl (C=O) groups is 1. The fourth-order valence-electron chi connectivity index (χ4n) is 2.67. The van der Waals surface area contributed by atoms with Gasteiger partial charge in [-0.05, 0) is 30.7 Å². The second-order valence-electron chi connectivity index (χ2n) is 6.02. The molecule has 0 aliphatic carbocycles. The number of rotatable bonds is 5. The van der Waals surface area contributed by atoms with Crippen LogP contribution in [0.25, 0.3) is 0 Å². The number of hydrogen-bond acceptors (Lipinski definition) is 3. The van der Waals surface area contributed by atoms with Crippen LogP contribution in [0, 0.1) is 17.7 Å². The van der Waals surface area contributed by atoms with Gasteiger partial charge in [0.05, 0.1) is 11.8 Å². The number of nitrogens with one attached hydrogen (secondary N) is 1. The van der Waals surface area contributed by atoms with Gasteiger partial charge in [-0.15, -0.1) is 0 Å². The van der Waals surface area contributed by atoms with E-state index >= 15 is 0 Å². The predicted octanol–water partition coefficient (Wildman–Crippen LogP) is 3.16. The molecular formula is C16H24FN3O. The zero-order valence-electron chi connectivity index (χ0n) is 13.0. The molecule has 0 aromatic carbocycles. The molecule has 0 bridgehead atoms. The Hall–Kier alpha value is -1.65. The van der Waals surface area contributed by atoms with Gasteiger partial charge >= 0.3 is 0 Å². The maximum Gasteiger partial charge on any atom is 0.257 e. The van der Waals surface area contributed by atoms with Gasteiger partial charge in [-0.25, -0.2) is 9.37 Å². The van der Waals surface area contributed by atoms with Gasteiger partial charge in [-0.2, -0.15) is 0 Å². The van der Waals surface area contributed by atoms with E-state index in [4.69, 9.17) is 0 Å². The van der Waals surface area contributed by atoms with Gasteiger partial charge in [0, 0.05) is 19.6 Å². The lowest BCUT2D eigenvalue weighted by Crippen LogP contribution is -2.30. The Morgan fingerprint density at radius 2 is 2.33 bits per heavy atom. The normalized spacial score (nSPS) is 18.3. The molecule has 4 nitrogen and oxygen atoms in total. The molecule has 1 aromatic heterocycles. The van der Waals surface area contributed by atoms with Crippen LogP contribution in [0.1, 0.15) is 44.0 Å². The molecule has 2 heterocycles. The third-order valence-corrected chi connectivity index (χ3v) is 4.08. The largest absolute Gasteiger partial charge is 0.369 e. The Morgan fingerprint density at radius 3 is 2.95 bits per heavy atom. The van der Waals surface area contributed by atoms with E-state index in [-0.39, 0.29) is 5.91 Å². The van der Waals surface area contributed by atoms with E-state index in [1.807, 2.05) is 11.8 Å². The van der Waals surface area contributed by atoms with Crippen LogP contribution >= 0.6 is 0 Å². The number of anilines is 1. The molecule has 2 rings (SSSR count). The molecule has 1 amide bonds. The zero-order chi connectivity index (χ0) is 15.4. The number of nitrogens with zero attached hydrogens (tertiary/aromatic N) is 2. The first kappa shape index (κ1) is 15.7. The van der Waals surface area contributed by atoms with E-state index in [0.29, 0.717) is 29.8 Å². The topological polar surface area (TPSA) is 45.2 Å². The first-order valence-corrected chi connectivity index (χ1v) is 7.71. The van der Waals surface area contributed by atoms with Crippen LogP contribution in [-0.2, 0) is 0 Å². The molecule has 1 aliphatic heterocycles. The van der Waals surface area contributed by atoms with Crippen molar-refractivity contribution < 1.29 is 9.18 Å². The average Bonchev–Trinajstić information content (AvgIpc) is 2.95. The van der Waals surface area contributed by atoms with Crippen molar-refractivity contribution in [3.63, 3.8) is 0 Å². The van der Waals surface area contributed by atoms with Gasteiger partial charge < -0.3 is 10.2 Å². The molecule has 0 radical (unpaired) electrons. The van der Waals surface area contributed by atoms with Gasteiger partial charge in [-0.3, -0.25) is 4.79 Å². The van der Waals surface area contributed by atoms with Gasteiger partial charge in [0.15, 0.2) is 0 Å². The highest BCUT2D eigenvalue weighted by molar-refractivity contribution is 5.98. The number of likely N-dealkylation sites (tertiary alicyclic amines) is 1. The maximum absolute atomic E-state index is 13.5. The third kappa shape index (κ3) is 3.71. The molecule has 0 saturated carbocycles. The van der Waals surface area contributed by atoms with Crippen molar-refractivity contribution in [3.05, 3.63) is 23.6 Å². The Bertz CT molecular complexity index is 504. The fourth-order valence-corrected chi connectivity index (χ4v) is 2.67. The van der Waals surface area contributed by atoms with Crippen molar-refractivity contribution in [2.75, 3.05) is 25.0 Å². The van der Waals surface area contributed by atoms with Crippen LogP contribution in [0.5, 0.6) is 0 Å². The van der Waals surface area contributed by atoms with Gasteiger partial charge in [0.1, 0.15) is 11.6 Å². The SMILES string of the molecule is CCCNc1ncc(F)cc1C(=O)N1CCC(C(C)C)C1. The van der Waals surface area contributed by atoms with Crippen LogP contribution in [0.3, 0.4) is 0 Å². The lowest BCUT2D eigenvalue weighted by Gasteiger charge is -2.19. The highest BCUT2D eigenvalue weighted by Gasteiger charge is 2.30. The van der Waals surface area contributed by atoms with E-state index in [9.17, 15) is 9.18 Å². The highest BCUT2D eigenvalue weighted by Crippen LogP contribution is 2.26. The summed E-state index contributed by atoms with van der Waals surface area (Å²) in [5.74, 6) is 0.980. The number of halogens is 1. The number of carbonyl (C=O) groups excluding carboxylic acids is 1. The summed E-state index contributed by atoms with van der Waals surface area (Å²) >= 11 is 0. The summed E-state index contributed by atoms with van der Waals surface area (Å²) in [5, 5.41) is 3.10. The quantitative estimate of drug-likeness (QED) is 0.907. The molecule has 1 N–H and O–H groups in total. The van der Waals surface area contributed by atoms with Crippen LogP contribution < -0.4 is 5.32 Å². The van der Waals surface area contributed by atoms with Crippen molar-refractivity contribution >= 4 is 11.7 Å². The summed E-state index contributed by atoms with van der Waals surface area (Å²) in [4.78, 5) is 18.5. The smallest absolute Gasteiger partial charge is 0.257 e. The number of amides is 1. The average molecular weight is 293 g/mol. The second-order valence-corrected chi connectivity index (χ2v) is 6.02.